The summed E-state index contributed by atoms with van der Waals surface area (Å²) in [6.45, 7) is 11.0. The average Bonchev–Trinajstić information content (AvgIpc) is 2.73. The molecule has 2 heterocycles. The maximum Gasteiger partial charge on any atom is 0.266 e. The molecule has 0 atom stereocenters. The highest BCUT2D eigenvalue weighted by Crippen LogP contribution is 2.35. The molecule has 0 radical (unpaired) electrons. The van der Waals surface area contributed by atoms with E-state index in [9.17, 15) is 4.79 Å². The van der Waals surface area contributed by atoms with Crippen molar-refractivity contribution in [2.75, 3.05) is 12.3 Å². The van der Waals surface area contributed by atoms with E-state index >= 15 is 0 Å². The Hall–Kier alpha value is -1.62. The lowest BCUT2D eigenvalue weighted by Crippen LogP contribution is -2.39. The number of aromatic nitrogens is 1. The zero-order valence-corrected chi connectivity index (χ0v) is 14.1. The number of hydrogen-bond donors (Lipinski definition) is 1. The second-order valence-electron chi connectivity index (χ2n) is 6.10. The van der Waals surface area contributed by atoms with Crippen molar-refractivity contribution in [3.05, 3.63) is 22.7 Å². The van der Waals surface area contributed by atoms with Crippen molar-refractivity contribution in [1.29, 1.82) is 0 Å². The number of pyridine rings is 1. The molecule has 0 spiro atoms. The number of rotatable bonds is 4. The van der Waals surface area contributed by atoms with Crippen LogP contribution in [0.5, 0.6) is 0 Å². The molecule has 1 amide bonds. The molecule has 2 rings (SSSR count). The van der Waals surface area contributed by atoms with E-state index in [4.69, 9.17) is 5.73 Å². The molecule has 0 aromatic carbocycles. The van der Waals surface area contributed by atoms with E-state index in [1.54, 1.807) is 6.20 Å². The Labute approximate surface area is 130 Å². The lowest BCUT2D eigenvalue weighted by atomic mass is 10.1. The summed E-state index contributed by atoms with van der Waals surface area (Å²) >= 11 is 1.39. The Kier molecular flexibility index (Phi) is 4.52. The van der Waals surface area contributed by atoms with Crippen LogP contribution in [-0.4, -0.2) is 28.4 Å². The Balaban J connectivity index is 2.47. The summed E-state index contributed by atoms with van der Waals surface area (Å²) in [5.74, 6) is 0.436. The minimum atomic E-state index is 0.0126. The van der Waals surface area contributed by atoms with Gasteiger partial charge in [0.1, 0.15) is 9.71 Å². The molecule has 0 fully saturated rings. The first-order valence-corrected chi connectivity index (χ1v) is 8.09. The van der Waals surface area contributed by atoms with Gasteiger partial charge >= 0.3 is 0 Å². The number of aryl methyl sites for hydroxylation is 1. The smallest absolute Gasteiger partial charge is 0.266 e. The molecule has 0 saturated heterocycles. The maximum atomic E-state index is 12.9. The molecule has 0 unspecified atom stereocenters. The fourth-order valence-corrected chi connectivity index (χ4v) is 3.51. The summed E-state index contributed by atoms with van der Waals surface area (Å²) in [5, 5.41) is 0.916. The summed E-state index contributed by atoms with van der Waals surface area (Å²) in [6.07, 6.45) is 1.76. The zero-order valence-electron chi connectivity index (χ0n) is 13.3. The average molecular weight is 305 g/mol. The van der Waals surface area contributed by atoms with E-state index in [0.29, 0.717) is 16.5 Å². The van der Waals surface area contributed by atoms with Crippen LogP contribution < -0.4 is 5.73 Å². The predicted molar refractivity (Wildman–Crippen MR) is 89.8 cm³/mol. The first-order valence-electron chi connectivity index (χ1n) is 7.27. The van der Waals surface area contributed by atoms with Crippen molar-refractivity contribution in [3.8, 4) is 0 Å². The lowest BCUT2D eigenvalue weighted by Gasteiger charge is -2.28. The van der Waals surface area contributed by atoms with Crippen LogP contribution >= 0.6 is 11.3 Å². The molecule has 2 N–H and O–H groups in total. The van der Waals surface area contributed by atoms with Gasteiger partial charge in [-0.2, -0.15) is 0 Å². The summed E-state index contributed by atoms with van der Waals surface area (Å²) in [5.41, 5.74) is 7.86. The highest BCUT2D eigenvalue weighted by Gasteiger charge is 2.25. The molecule has 4 nitrogen and oxygen atoms in total. The molecule has 0 aliphatic rings. The van der Waals surface area contributed by atoms with Crippen LogP contribution in [0.4, 0.5) is 5.69 Å². The molecular formula is C16H23N3OS. The summed E-state index contributed by atoms with van der Waals surface area (Å²) in [6, 6.07) is 2.08. The SMILES string of the molecule is Cc1ccnc2sc(C(=O)N(CC(C)C)C(C)C)c(N)c12. The third-order valence-corrected chi connectivity index (χ3v) is 4.58. The Morgan fingerprint density at radius 2 is 2.05 bits per heavy atom. The van der Waals surface area contributed by atoms with Crippen molar-refractivity contribution in [2.24, 2.45) is 5.92 Å². The zero-order chi connectivity index (χ0) is 15.7. The molecular weight excluding hydrogens is 282 g/mol. The quantitative estimate of drug-likeness (QED) is 0.937. The Morgan fingerprint density at radius 3 is 2.57 bits per heavy atom. The topological polar surface area (TPSA) is 59.2 Å². The largest absolute Gasteiger partial charge is 0.397 e. The van der Waals surface area contributed by atoms with Crippen LogP contribution in [0.3, 0.4) is 0 Å². The number of hydrogen-bond acceptors (Lipinski definition) is 4. The number of carbonyl (C=O) groups excluding carboxylic acids is 1. The first-order chi connectivity index (χ1) is 9.82. The van der Waals surface area contributed by atoms with Crippen molar-refractivity contribution >= 4 is 33.1 Å². The van der Waals surface area contributed by atoms with Gasteiger partial charge in [0.05, 0.1) is 5.69 Å². The summed E-state index contributed by atoms with van der Waals surface area (Å²) in [4.78, 5) is 20.5. The number of thiophene rings is 1. The molecule has 0 saturated carbocycles. The summed E-state index contributed by atoms with van der Waals surface area (Å²) in [7, 11) is 0. The normalized spacial score (nSPS) is 11.6. The van der Waals surface area contributed by atoms with E-state index in [1.165, 1.54) is 11.3 Å². The number of carbonyl (C=O) groups is 1. The molecule has 0 bridgehead atoms. The van der Waals surface area contributed by atoms with Gasteiger partial charge in [-0.05, 0) is 38.3 Å². The molecule has 0 aliphatic carbocycles. The van der Waals surface area contributed by atoms with E-state index in [-0.39, 0.29) is 11.9 Å². The Bertz CT molecular complexity index is 661. The van der Waals surface area contributed by atoms with Crippen molar-refractivity contribution in [3.63, 3.8) is 0 Å². The van der Waals surface area contributed by atoms with Crippen LogP contribution in [0.1, 0.15) is 42.9 Å². The van der Waals surface area contributed by atoms with Gasteiger partial charge < -0.3 is 10.6 Å². The Morgan fingerprint density at radius 1 is 1.38 bits per heavy atom. The third-order valence-electron chi connectivity index (χ3n) is 3.48. The number of nitrogens with zero attached hydrogens (tertiary/aromatic N) is 2. The van der Waals surface area contributed by atoms with Crippen LogP contribution in [0.25, 0.3) is 10.2 Å². The minimum Gasteiger partial charge on any atom is -0.397 e. The van der Waals surface area contributed by atoms with Crippen LogP contribution in [-0.2, 0) is 0 Å². The van der Waals surface area contributed by atoms with Crippen molar-refractivity contribution in [1.82, 2.24) is 9.88 Å². The monoisotopic (exact) mass is 305 g/mol. The molecule has 21 heavy (non-hydrogen) atoms. The summed E-state index contributed by atoms with van der Waals surface area (Å²) < 4.78 is 0. The van der Waals surface area contributed by atoms with E-state index in [2.05, 4.69) is 18.8 Å². The van der Waals surface area contributed by atoms with Crippen molar-refractivity contribution in [2.45, 2.75) is 40.7 Å². The van der Waals surface area contributed by atoms with Gasteiger partial charge in [0.25, 0.3) is 5.91 Å². The van der Waals surface area contributed by atoms with Gasteiger partial charge in [-0.3, -0.25) is 4.79 Å². The fraction of sp³-hybridized carbons (Fsp3) is 0.500. The van der Waals surface area contributed by atoms with Gasteiger partial charge in [0.15, 0.2) is 0 Å². The number of anilines is 1. The fourth-order valence-electron chi connectivity index (χ4n) is 2.41. The second kappa shape index (κ2) is 6.02. The highest BCUT2D eigenvalue weighted by atomic mass is 32.1. The van der Waals surface area contributed by atoms with Crippen molar-refractivity contribution < 1.29 is 4.79 Å². The number of fused-ring (bicyclic) bond motifs is 1. The molecule has 114 valence electrons. The number of nitrogens with two attached hydrogens (primary N) is 1. The highest BCUT2D eigenvalue weighted by molar-refractivity contribution is 7.21. The lowest BCUT2D eigenvalue weighted by molar-refractivity contribution is 0.0688. The standard InChI is InChI=1S/C16H23N3OS/c1-9(2)8-19(10(3)4)16(20)14-13(17)12-11(5)6-7-18-15(12)21-14/h6-7,9-10H,8,17H2,1-5H3. The van der Waals surface area contributed by atoms with Gasteiger partial charge in [-0.25, -0.2) is 4.98 Å². The van der Waals surface area contributed by atoms with E-state index in [0.717, 1.165) is 22.3 Å². The second-order valence-corrected chi connectivity index (χ2v) is 7.10. The van der Waals surface area contributed by atoms with Gasteiger partial charge in [0.2, 0.25) is 0 Å². The molecule has 0 aliphatic heterocycles. The van der Waals surface area contributed by atoms with Gasteiger partial charge in [-0.1, -0.05) is 13.8 Å². The molecule has 2 aromatic heterocycles. The first kappa shape index (κ1) is 15.8. The number of nitrogen functional groups attached to an aromatic ring is 1. The van der Waals surface area contributed by atoms with Crippen LogP contribution in [0.2, 0.25) is 0 Å². The predicted octanol–water partition coefficient (Wildman–Crippen LogP) is 3.69. The minimum absolute atomic E-state index is 0.0126. The van der Waals surface area contributed by atoms with Crippen LogP contribution in [0, 0.1) is 12.8 Å². The maximum absolute atomic E-state index is 12.9. The van der Waals surface area contributed by atoms with Gasteiger partial charge in [0, 0.05) is 24.2 Å². The van der Waals surface area contributed by atoms with E-state index in [1.807, 2.05) is 31.7 Å². The third kappa shape index (κ3) is 3.02. The van der Waals surface area contributed by atoms with E-state index < -0.39 is 0 Å². The van der Waals surface area contributed by atoms with Gasteiger partial charge in [-0.15, -0.1) is 11.3 Å². The molecule has 2 aromatic rings. The number of amides is 1. The molecule has 5 heteroatoms. The van der Waals surface area contributed by atoms with Crippen LogP contribution in [0.15, 0.2) is 12.3 Å².